The van der Waals surface area contributed by atoms with Crippen molar-refractivity contribution in [2.75, 3.05) is 20.3 Å². The Balaban J connectivity index is 1.50. The lowest BCUT2D eigenvalue weighted by Crippen LogP contribution is -2.28. The molecule has 6 nitrogen and oxygen atoms in total. The van der Waals surface area contributed by atoms with E-state index in [1.807, 2.05) is 16.7 Å². The summed E-state index contributed by atoms with van der Waals surface area (Å²) >= 11 is 6.14. The molecule has 0 saturated heterocycles. The highest BCUT2D eigenvalue weighted by molar-refractivity contribution is 6.30. The summed E-state index contributed by atoms with van der Waals surface area (Å²) in [5, 5.41) is 0.588. The van der Waals surface area contributed by atoms with Crippen molar-refractivity contribution in [1.82, 2.24) is 9.55 Å². The number of esters is 1. The molecule has 39 heavy (non-hydrogen) atoms. The molecule has 5 rings (SSSR count). The summed E-state index contributed by atoms with van der Waals surface area (Å²) in [4.78, 5) is 16.1. The first-order valence-corrected chi connectivity index (χ1v) is 13.4. The van der Waals surface area contributed by atoms with Crippen LogP contribution in [-0.2, 0) is 9.53 Å². The Morgan fingerprint density at radius 2 is 1.62 bits per heavy atom. The number of fused-ring (bicyclic) bond motifs is 1. The predicted octanol–water partition coefficient (Wildman–Crippen LogP) is 7.39. The highest BCUT2D eigenvalue weighted by Gasteiger charge is 2.30. The van der Waals surface area contributed by atoms with Crippen molar-refractivity contribution in [3.8, 4) is 22.9 Å². The maximum atomic E-state index is 14.5. The molecule has 1 unspecified atom stereocenters. The summed E-state index contributed by atoms with van der Waals surface area (Å²) in [6, 6.07) is 16.4. The Morgan fingerprint density at radius 1 is 0.974 bits per heavy atom. The van der Waals surface area contributed by atoms with Crippen molar-refractivity contribution in [3.05, 3.63) is 77.3 Å². The van der Waals surface area contributed by atoms with Crippen LogP contribution in [0.4, 0.5) is 8.78 Å². The van der Waals surface area contributed by atoms with Crippen molar-refractivity contribution in [3.63, 3.8) is 0 Å². The number of imidazole rings is 1. The third-order valence-electron chi connectivity index (χ3n) is 7.19. The second-order valence-corrected chi connectivity index (χ2v) is 10.1. The fourth-order valence-corrected chi connectivity index (χ4v) is 5.31. The van der Waals surface area contributed by atoms with Gasteiger partial charge >= 0.3 is 5.97 Å². The van der Waals surface area contributed by atoms with Crippen LogP contribution >= 0.6 is 11.6 Å². The second kappa shape index (κ2) is 12.0. The van der Waals surface area contributed by atoms with Gasteiger partial charge in [-0.05, 0) is 67.3 Å². The average Bonchev–Trinajstić information content (AvgIpc) is 3.31. The number of carbonyl (C=O) groups is 1. The van der Waals surface area contributed by atoms with Crippen LogP contribution in [-0.4, -0.2) is 35.8 Å². The summed E-state index contributed by atoms with van der Waals surface area (Å²) in [6.45, 7) is 0.122. The van der Waals surface area contributed by atoms with E-state index in [1.54, 1.807) is 36.4 Å². The van der Waals surface area contributed by atoms with Gasteiger partial charge in [0, 0.05) is 22.7 Å². The Labute approximate surface area is 230 Å². The van der Waals surface area contributed by atoms with Gasteiger partial charge in [-0.15, -0.1) is 0 Å². The second-order valence-electron chi connectivity index (χ2n) is 9.68. The molecule has 1 aliphatic carbocycles. The van der Waals surface area contributed by atoms with Crippen molar-refractivity contribution in [2.24, 2.45) is 5.92 Å². The van der Waals surface area contributed by atoms with Gasteiger partial charge in [-0.3, -0.25) is 0 Å². The SMILES string of the molecule is COC(=O)COc1ccc(OCC(C2CCCCC2)n2c(-c3ccc(Cl)cc3)nc3cc(F)c(F)cc32)cc1. The summed E-state index contributed by atoms with van der Waals surface area (Å²) in [6.07, 6.45) is 5.36. The molecule has 1 aromatic heterocycles. The zero-order valence-electron chi connectivity index (χ0n) is 21.5. The van der Waals surface area contributed by atoms with Crippen LogP contribution < -0.4 is 9.47 Å². The van der Waals surface area contributed by atoms with Crippen molar-refractivity contribution in [1.29, 1.82) is 0 Å². The van der Waals surface area contributed by atoms with Crippen LogP contribution in [0.1, 0.15) is 38.1 Å². The molecule has 204 valence electrons. The number of aromatic nitrogens is 2. The molecule has 1 saturated carbocycles. The van der Waals surface area contributed by atoms with Crippen molar-refractivity contribution < 1.29 is 27.8 Å². The highest BCUT2D eigenvalue weighted by Crippen LogP contribution is 2.39. The fourth-order valence-electron chi connectivity index (χ4n) is 5.18. The molecule has 0 aliphatic heterocycles. The number of carbonyl (C=O) groups excluding carboxylic acids is 1. The molecule has 0 N–H and O–H groups in total. The number of hydrogen-bond donors (Lipinski definition) is 0. The summed E-state index contributed by atoms with van der Waals surface area (Å²) in [5.41, 5.74) is 1.70. The number of rotatable bonds is 9. The van der Waals surface area contributed by atoms with Gasteiger partial charge in [-0.2, -0.15) is 0 Å². The fraction of sp³-hybridized carbons (Fsp3) is 0.333. The first-order valence-electron chi connectivity index (χ1n) is 13.0. The van der Waals surface area contributed by atoms with E-state index in [9.17, 15) is 13.6 Å². The Hall–Kier alpha value is -3.65. The van der Waals surface area contributed by atoms with Gasteiger partial charge in [0.15, 0.2) is 18.2 Å². The van der Waals surface area contributed by atoms with Gasteiger partial charge in [-0.25, -0.2) is 18.6 Å². The number of halogens is 3. The van der Waals surface area contributed by atoms with Gasteiger partial charge < -0.3 is 18.8 Å². The molecule has 1 heterocycles. The summed E-state index contributed by atoms with van der Waals surface area (Å²) in [7, 11) is 1.30. The minimum Gasteiger partial charge on any atom is -0.491 e. The normalized spacial score (nSPS) is 14.8. The summed E-state index contributed by atoms with van der Waals surface area (Å²) < 4.78 is 47.0. The van der Waals surface area contributed by atoms with Gasteiger partial charge in [0.2, 0.25) is 0 Å². The van der Waals surface area contributed by atoms with E-state index in [-0.39, 0.29) is 18.6 Å². The standard InChI is InChI=1S/C30H29ClF2N2O4/c1-37-29(36)18-39-23-13-11-22(12-14-23)38-17-28(19-5-3-2-4-6-19)35-27-16-25(33)24(32)15-26(27)34-30(35)20-7-9-21(31)10-8-20/h7-16,19,28H,2-6,17-18H2,1H3. The topological polar surface area (TPSA) is 62.6 Å². The molecule has 0 bridgehead atoms. The van der Waals surface area contributed by atoms with Crippen LogP contribution in [0.5, 0.6) is 11.5 Å². The van der Waals surface area contributed by atoms with E-state index >= 15 is 0 Å². The smallest absolute Gasteiger partial charge is 0.343 e. The first kappa shape index (κ1) is 26.9. The minimum atomic E-state index is -0.935. The largest absolute Gasteiger partial charge is 0.491 e. The molecule has 1 fully saturated rings. The summed E-state index contributed by atoms with van der Waals surface area (Å²) in [5.74, 6) is -0.316. The van der Waals surface area contributed by atoms with Gasteiger partial charge in [0.05, 0.1) is 24.2 Å². The Morgan fingerprint density at radius 3 is 2.28 bits per heavy atom. The molecule has 0 amide bonds. The highest BCUT2D eigenvalue weighted by atomic mass is 35.5. The van der Waals surface area contributed by atoms with E-state index < -0.39 is 17.6 Å². The predicted molar refractivity (Wildman–Crippen MR) is 145 cm³/mol. The molecular weight excluding hydrogens is 526 g/mol. The zero-order valence-corrected chi connectivity index (χ0v) is 22.3. The van der Waals surface area contributed by atoms with Crippen LogP contribution in [0.3, 0.4) is 0 Å². The van der Waals surface area contributed by atoms with Crippen LogP contribution in [0.25, 0.3) is 22.4 Å². The van der Waals surface area contributed by atoms with Crippen LogP contribution in [0, 0.1) is 17.6 Å². The Bertz CT molecular complexity index is 1430. The molecule has 1 aliphatic rings. The number of hydrogen-bond acceptors (Lipinski definition) is 5. The number of methoxy groups -OCH3 is 1. The quantitative estimate of drug-likeness (QED) is 0.202. The molecule has 4 aromatic rings. The molecule has 0 radical (unpaired) electrons. The van der Waals surface area contributed by atoms with E-state index in [0.717, 1.165) is 37.3 Å². The van der Waals surface area contributed by atoms with E-state index in [0.29, 0.717) is 40.0 Å². The molecule has 0 spiro atoms. The van der Waals surface area contributed by atoms with Gasteiger partial charge in [-0.1, -0.05) is 30.9 Å². The van der Waals surface area contributed by atoms with Gasteiger partial charge in [0.25, 0.3) is 0 Å². The lowest BCUT2D eigenvalue weighted by molar-refractivity contribution is -0.142. The third-order valence-corrected chi connectivity index (χ3v) is 7.44. The lowest BCUT2D eigenvalue weighted by Gasteiger charge is -2.32. The van der Waals surface area contributed by atoms with Crippen molar-refractivity contribution >= 4 is 28.6 Å². The number of ether oxygens (including phenoxy) is 3. The average molecular weight is 555 g/mol. The van der Waals surface area contributed by atoms with E-state index in [2.05, 4.69) is 4.74 Å². The first-order chi connectivity index (χ1) is 18.9. The zero-order chi connectivity index (χ0) is 27.4. The maximum absolute atomic E-state index is 14.5. The van der Waals surface area contributed by atoms with E-state index in [1.165, 1.54) is 19.6 Å². The van der Waals surface area contributed by atoms with Gasteiger partial charge in [0.1, 0.15) is 23.9 Å². The molecule has 3 aromatic carbocycles. The molecule has 1 atom stereocenters. The number of benzene rings is 3. The lowest BCUT2D eigenvalue weighted by atomic mass is 9.83. The van der Waals surface area contributed by atoms with Crippen molar-refractivity contribution in [2.45, 2.75) is 38.1 Å². The number of nitrogens with zero attached hydrogens (tertiary/aromatic N) is 2. The van der Waals surface area contributed by atoms with Crippen LogP contribution in [0.15, 0.2) is 60.7 Å². The molecular formula is C30H29ClF2N2O4. The maximum Gasteiger partial charge on any atom is 0.343 e. The molecule has 9 heteroatoms. The monoisotopic (exact) mass is 554 g/mol. The minimum absolute atomic E-state index is 0.180. The third kappa shape index (κ3) is 6.17. The Kier molecular flexibility index (Phi) is 8.31. The van der Waals surface area contributed by atoms with E-state index in [4.69, 9.17) is 26.1 Å². The van der Waals surface area contributed by atoms with Crippen LogP contribution in [0.2, 0.25) is 5.02 Å².